The molecule has 4 rings (SSSR count). The second-order valence-corrected chi connectivity index (χ2v) is 13.3. The van der Waals surface area contributed by atoms with Crippen molar-refractivity contribution in [2.24, 2.45) is 0 Å². The van der Waals surface area contributed by atoms with E-state index in [1.807, 2.05) is 41.5 Å². The number of aliphatic hydroxyl groups is 1. The van der Waals surface area contributed by atoms with Crippen LogP contribution in [0.5, 0.6) is 6.01 Å². The smallest absolute Gasteiger partial charge is 0.407 e. The molecule has 0 saturated heterocycles. The zero-order valence-electron chi connectivity index (χ0n) is 23.9. The molecule has 0 aliphatic heterocycles. The third-order valence-corrected chi connectivity index (χ3v) is 6.00. The van der Waals surface area contributed by atoms with Crippen LogP contribution in [0.2, 0.25) is 0 Å². The van der Waals surface area contributed by atoms with Crippen LogP contribution in [0.1, 0.15) is 67.2 Å². The van der Waals surface area contributed by atoms with Gasteiger partial charge in [-0.3, -0.25) is 0 Å². The van der Waals surface area contributed by atoms with Crippen molar-refractivity contribution in [1.29, 1.82) is 0 Å². The Kier molecular flexibility index (Phi) is 13.0. The molecular weight excluding hydrogens is 668 g/mol. The predicted molar refractivity (Wildman–Crippen MR) is 157 cm³/mol. The summed E-state index contributed by atoms with van der Waals surface area (Å²) < 4.78 is 17.4. The number of H-pyrrole nitrogens is 1. The molecule has 2 saturated carbocycles. The first-order valence-corrected chi connectivity index (χ1v) is 14.6. The van der Waals surface area contributed by atoms with E-state index in [2.05, 4.69) is 62.4 Å². The normalized spacial score (nSPS) is 21.2. The lowest BCUT2D eigenvalue weighted by Crippen LogP contribution is -2.50. The average molecular weight is 706 g/mol. The molecular formula is C26H38Br2N6O7. The minimum atomic E-state index is -0.477. The SMILES string of the molecule is CC(C)(C)OC(=O)NC1CC(O)C1.CC(C)(C)OC(=O)NC1CC(Oc2ncc(Br)cn2)C1.O=c1ncc(Br)c[nH]1. The van der Waals surface area contributed by atoms with Gasteiger partial charge in [-0.05, 0) is 86.2 Å². The standard InChI is InChI=1S/C13H18BrN3O3.C9H17NO3.C4H3BrN2O/c1-13(2,3)20-12(18)17-9-4-10(5-9)19-11-15-6-8(14)7-16-11;1-9(2,3)13-8(12)10-6-4-7(11)5-6;5-3-1-6-4(8)7-2-3/h6-7,9-10H,4-5H2,1-3H3,(H,17,18);6-7,11H,4-5H2,1-3H3,(H,10,12);1-2H,(H,6,7,8). The highest BCUT2D eigenvalue weighted by atomic mass is 79.9. The molecule has 0 radical (unpaired) electrons. The third kappa shape index (κ3) is 15.1. The Morgan fingerprint density at radius 2 is 1.32 bits per heavy atom. The van der Waals surface area contributed by atoms with Crippen molar-refractivity contribution in [2.75, 3.05) is 0 Å². The molecule has 228 valence electrons. The summed E-state index contributed by atoms with van der Waals surface area (Å²) in [5.74, 6) is 0. The van der Waals surface area contributed by atoms with E-state index in [-0.39, 0.29) is 36.1 Å². The van der Waals surface area contributed by atoms with E-state index in [9.17, 15) is 14.4 Å². The van der Waals surface area contributed by atoms with Crippen LogP contribution in [0.25, 0.3) is 0 Å². The van der Waals surface area contributed by atoms with Crippen LogP contribution >= 0.6 is 31.9 Å². The van der Waals surface area contributed by atoms with E-state index < -0.39 is 17.3 Å². The summed E-state index contributed by atoms with van der Waals surface area (Å²) >= 11 is 6.37. The van der Waals surface area contributed by atoms with E-state index in [1.165, 1.54) is 12.4 Å². The van der Waals surface area contributed by atoms with Crippen LogP contribution in [0.4, 0.5) is 9.59 Å². The van der Waals surface area contributed by atoms with Crippen molar-refractivity contribution in [1.82, 2.24) is 30.6 Å². The first-order chi connectivity index (χ1) is 19.0. The molecule has 2 fully saturated rings. The van der Waals surface area contributed by atoms with Crippen LogP contribution in [-0.2, 0) is 9.47 Å². The van der Waals surface area contributed by atoms with Gasteiger partial charge in [0.1, 0.15) is 17.3 Å². The summed E-state index contributed by atoms with van der Waals surface area (Å²) in [5, 5.41) is 14.5. The molecule has 0 aromatic carbocycles. The second kappa shape index (κ2) is 15.4. The fourth-order valence-electron chi connectivity index (χ4n) is 3.27. The van der Waals surface area contributed by atoms with Gasteiger partial charge in [-0.25, -0.2) is 29.3 Å². The minimum absolute atomic E-state index is 0.0381. The maximum atomic E-state index is 11.6. The largest absolute Gasteiger partial charge is 0.460 e. The van der Waals surface area contributed by atoms with Crippen molar-refractivity contribution in [3.8, 4) is 6.01 Å². The number of nitrogens with zero attached hydrogens (tertiary/aromatic N) is 3. The van der Waals surface area contributed by atoms with Gasteiger partial charge in [-0.15, -0.1) is 0 Å². The lowest BCUT2D eigenvalue weighted by Gasteiger charge is -2.35. The number of halogens is 2. The van der Waals surface area contributed by atoms with Crippen molar-refractivity contribution < 1.29 is 28.9 Å². The highest BCUT2D eigenvalue weighted by Crippen LogP contribution is 2.25. The number of ether oxygens (including phenoxy) is 3. The second-order valence-electron chi connectivity index (χ2n) is 11.4. The van der Waals surface area contributed by atoms with E-state index in [4.69, 9.17) is 19.3 Å². The van der Waals surface area contributed by atoms with Crippen molar-refractivity contribution in [3.63, 3.8) is 0 Å². The number of rotatable bonds is 4. The highest BCUT2D eigenvalue weighted by Gasteiger charge is 2.34. The topological polar surface area (TPSA) is 178 Å². The van der Waals surface area contributed by atoms with Gasteiger partial charge in [-0.1, -0.05) is 0 Å². The summed E-state index contributed by atoms with van der Waals surface area (Å²) in [4.78, 5) is 46.8. The number of hydrogen-bond acceptors (Lipinski definition) is 10. The van der Waals surface area contributed by atoms with Gasteiger partial charge in [0.2, 0.25) is 0 Å². The summed E-state index contributed by atoms with van der Waals surface area (Å²) in [5.41, 5.74) is -1.25. The maximum absolute atomic E-state index is 11.6. The fraction of sp³-hybridized carbons (Fsp3) is 0.615. The summed E-state index contributed by atoms with van der Waals surface area (Å²) in [7, 11) is 0. The number of nitrogens with one attached hydrogen (secondary N) is 3. The zero-order valence-corrected chi connectivity index (χ0v) is 27.1. The Balaban J connectivity index is 0.000000239. The lowest BCUT2D eigenvalue weighted by molar-refractivity contribution is 0.0299. The van der Waals surface area contributed by atoms with Crippen LogP contribution in [0, 0.1) is 0 Å². The molecule has 2 aliphatic carbocycles. The summed E-state index contributed by atoms with van der Waals surface area (Å²) in [6.45, 7) is 11.0. The Bertz CT molecular complexity index is 1150. The van der Waals surface area contributed by atoms with E-state index in [1.54, 1.807) is 12.4 Å². The van der Waals surface area contributed by atoms with Gasteiger partial charge in [0, 0.05) is 49.7 Å². The number of aromatic amines is 1. The molecule has 15 heteroatoms. The molecule has 2 aromatic heterocycles. The van der Waals surface area contributed by atoms with Gasteiger partial charge in [0.05, 0.1) is 15.0 Å². The summed E-state index contributed by atoms with van der Waals surface area (Å²) in [6.07, 6.45) is 8.00. The summed E-state index contributed by atoms with van der Waals surface area (Å²) in [6, 6.07) is 0.532. The number of amides is 2. The number of hydrogen-bond donors (Lipinski definition) is 4. The third-order valence-electron chi connectivity index (χ3n) is 5.16. The molecule has 0 unspecified atom stereocenters. The van der Waals surface area contributed by atoms with Gasteiger partial charge >= 0.3 is 23.9 Å². The molecule has 41 heavy (non-hydrogen) atoms. The van der Waals surface area contributed by atoms with Crippen molar-refractivity contribution in [2.45, 2.75) is 103 Å². The van der Waals surface area contributed by atoms with Crippen LogP contribution in [0.3, 0.4) is 0 Å². The molecule has 2 aromatic rings. The predicted octanol–water partition coefficient (Wildman–Crippen LogP) is 4.24. The lowest BCUT2D eigenvalue weighted by atomic mass is 9.89. The molecule has 0 atom stereocenters. The number of alkyl carbamates (subject to hydrolysis) is 2. The Labute approximate surface area is 255 Å². The van der Waals surface area contributed by atoms with E-state index in [0.717, 1.165) is 21.8 Å². The van der Waals surface area contributed by atoms with Crippen LogP contribution in [-0.4, -0.2) is 72.7 Å². The monoisotopic (exact) mass is 704 g/mol. The number of aromatic nitrogens is 4. The Morgan fingerprint density at radius 1 is 0.854 bits per heavy atom. The zero-order chi connectivity index (χ0) is 30.8. The highest BCUT2D eigenvalue weighted by molar-refractivity contribution is 9.10. The first kappa shape index (κ1) is 34.4. The van der Waals surface area contributed by atoms with Crippen molar-refractivity contribution in [3.05, 3.63) is 44.2 Å². The van der Waals surface area contributed by atoms with Gasteiger partial charge in [-0.2, -0.15) is 0 Å². The molecule has 13 nitrogen and oxygen atoms in total. The van der Waals surface area contributed by atoms with E-state index in [0.29, 0.717) is 18.9 Å². The molecule has 2 amide bonds. The molecule has 0 bridgehead atoms. The Hall–Kier alpha value is -2.78. The number of carbonyl (C=O) groups excluding carboxylic acids is 2. The number of carbonyl (C=O) groups is 2. The Morgan fingerprint density at radius 3 is 1.71 bits per heavy atom. The quantitative estimate of drug-likeness (QED) is 0.360. The first-order valence-electron chi connectivity index (χ1n) is 13.0. The van der Waals surface area contributed by atoms with Crippen LogP contribution < -0.4 is 21.1 Å². The molecule has 0 spiro atoms. The van der Waals surface area contributed by atoms with Gasteiger partial charge in [0.25, 0.3) is 0 Å². The van der Waals surface area contributed by atoms with E-state index >= 15 is 0 Å². The minimum Gasteiger partial charge on any atom is -0.460 e. The fourth-order valence-corrected chi connectivity index (χ4v) is 3.69. The number of aliphatic hydroxyl groups excluding tert-OH is 1. The van der Waals surface area contributed by atoms with Gasteiger partial charge in [0.15, 0.2) is 0 Å². The van der Waals surface area contributed by atoms with Gasteiger partial charge < -0.3 is 34.9 Å². The van der Waals surface area contributed by atoms with Crippen molar-refractivity contribution >= 4 is 44.0 Å². The molecule has 4 N–H and O–H groups in total. The maximum Gasteiger partial charge on any atom is 0.407 e. The molecule has 2 aliphatic rings. The van der Waals surface area contributed by atoms with Crippen LogP contribution in [0.15, 0.2) is 38.5 Å². The average Bonchev–Trinajstić information content (AvgIpc) is 2.78. The molecule has 2 heterocycles.